The first-order valence-electron chi connectivity index (χ1n) is 27.5. The van der Waals surface area contributed by atoms with E-state index in [0.717, 1.165) is 63.5 Å². The van der Waals surface area contributed by atoms with Crippen LogP contribution in [0, 0.1) is 0 Å². The van der Waals surface area contributed by atoms with Crippen LogP contribution < -0.4 is 25.5 Å². The molecule has 10 unspecified atom stereocenters. The lowest BCUT2D eigenvalue weighted by molar-refractivity contribution is -0.777. The van der Waals surface area contributed by atoms with Gasteiger partial charge in [0.05, 0.1) is 24.4 Å². The van der Waals surface area contributed by atoms with Crippen LogP contribution in [0.4, 0.5) is 11.4 Å². The number of fused-ring (bicyclic) bond motifs is 2. The number of aliphatic hydroxyl groups excluding tert-OH is 8. The first kappa shape index (κ1) is 63.6. The number of rotatable bonds is 23. The third-order valence-electron chi connectivity index (χ3n) is 16.0. The molecule has 83 heavy (non-hydrogen) atoms. The molecule has 11 N–H and O–H groups in total. The van der Waals surface area contributed by atoms with Crippen LogP contribution in [0.25, 0.3) is 0 Å². The molecule has 3 aromatic carbocycles. The van der Waals surface area contributed by atoms with Crippen molar-refractivity contribution < 1.29 is 96.8 Å². The highest BCUT2D eigenvalue weighted by Gasteiger charge is 2.48. The minimum Gasteiger partial charge on any atom is -0.691 e. The maximum atomic E-state index is 13.9. The number of allylic oxidation sites excluding steroid dienone is 7. The summed E-state index contributed by atoms with van der Waals surface area (Å²) in [5.74, 6) is -0.0575. The molecule has 23 nitrogen and oxygen atoms in total. The zero-order valence-electron chi connectivity index (χ0n) is 46.4. The third-order valence-corrected chi connectivity index (χ3v) is 17.4. The third kappa shape index (κ3) is 14.3. The average Bonchev–Trinajstić information content (AvgIpc) is 2.13. The second-order valence-corrected chi connectivity index (χ2v) is 24.6. The molecule has 0 aromatic heterocycles. The summed E-state index contributed by atoms with van der Waals surface area (Å²) in [6.45, 7) is 7.59. The van der Waals surface area contributed by atoms with E-state index in [2.05, 4.69) is 35.6 Å². The number of benzene rings is 3. The van der Waals surface area contributed by atoms with Gasteiger partial charge in [-0.05, 0) is 124 Å². The quantitative estimate of drug-likeness (QED) is 0.0162. The number of nitrogens with one attached hydrogen (secondary N) is 2. The van der Waals surface area contributed by atoms with Crippen molar-refractivity contribution in [2.24, 2.45) is 0 Å². The van der Waals surface area contributed by atoms with E-state index in [0.29, 0.717) is 62.5 Å². The Hall–Kier alpha value is -5.43. The Labute approximate surface area is 485 Å². The van der Waals surface area contributed by atoms with Crippen LogP contribution in [0.2, 0.25) is 0 Å². The number of anilines is 1. The van der Waals surface area contributed by atoms with Crippen molar-refractivity contribution in [3.63, 3.8) is 0 Å². The molecule has 0 bridgehead atoms. The molecule has 2 fully saturated rings. The van der Waals surface area contributed by atoms with Crippen LogP contribution >= 0.6 is 12.0 Å². The van der Waals surface area contributed by atoms with Crippen molar-refractivity contribution in [3.05, 3.63) is 136 Å². The van der Waals surface area contributed by atoms with Crippen molar-refractivity contribution in [1.82, 2.24) is 10.6 Å². The molecule has 4 heterocycles. The maximum absolute atomic E-state index is 13.9. The Bertz CT molecular complexity index is 3100. The predicted octanol–water partition coefficient (Wildman–Crippen LogP) is 2.12. The van der Waals surface area contributed by atoms with Crippen molar-refractivity contribution in [1.29, 1.82) is 0 Å². The SMILES string of the molecule is CC1(C)C(/C=C/C2=C(Oc3ccccc3)C(=C/C=C3/N(CCCCSOO[O-])c4ccc(C(=O)NC5C(O)OC(CO)C(O)C5O)cc4C3(C)C)/CCC2)=[N+](CCCCS(=O)(=O)O)c2ccc(C(=O)NC3C(O)OC(CO)C(O)C3O)cc21. The topological polar surface area (TPSA) is 350 Å². The molecule has 0 spiro atoms. The van der Waals surface area contributed by atoms with E-state index in [1.807, 2.05) is 82.3 Å². The number of amides is 2. The summed E-state index contributed by atoms with van der Waals surface area (Å²) in [6, 6.07) is 16.8. The van der Waals surface area contributed by atoms with Crippen molar-refractivity contribution in [3.8, 4) is 5.75 Å². The number of unbranched alkanes of at least 4 members (excludes halogenated alkanes) is 2. The summed E-state index contributed by atoms with van der Waals surface area (Å²) in [5, 5.41) is 102. The molecular weight excluding hydrogens is 1120 g/mol. The molecule has 0 radical (unpaired) electrons. The molecule has 10 atom stereocenters. The van der Waals surface area contributed by atoms with Gasteiger partial charge in [0.15, 0.2) is 18.3 Å². The van der Waals surface area contributed by atoms with Crippen LogP contribution in [0.3, 0.4) is 0 Å². The molecule has 5 aliphatic rings. The number of aliphatic hydroxyl groups is 8. The van der Waals surface area contributed by atoms with Crippen LogP contribution in [0.15, 0.2) is 114 Å². The van der Waals surface area contributed by atoms with Gasteiger partial charge >= 0.3 is 0 Å². The smallest absolute Gasteiger partial charge is 0.264 e. The van der Waals surface area contributed by atoms with Gasteiger partial charge in [0, 0.05) is 76.4 Å². The summed E-state index contributed by atoms with van der Waals surface area (Å²) in [7, 11) is -4.23. The molecule has 1 aliphatic carbocycles. The highest BCUT2D eigenvalue weighted by Crippen LogP contribution is 2.49. The van der Waals surface area contributed by atoms with E-state index in [9.17, 15) is 68.7 Å². The van der Waals surface area contributed by atoms with Gasteiger partial charge in [-0.15, -0.1) is 0 Å². The van der Waals surface area contributed by atoms with Gasteiger partial charge in [-0.25, -0.2) is 0 Å². The Morgan fingerprint density at radius 2 is 1.39 bits per heavy atom. The average molecular weight is 1200 g/mol. The zero-order valence-corrected chi connectivity index (χ0v) is 48.1. The van der Waals surface area contributed by atoms with Gasteiger partial charge < -0.3 is 75.9 Å². The summed E-state index contributed by atoms with van der Waals surface area (Å²) < 4.78 is 57.0. The molecule has 452 valence electrons. The molecule has 3 aromatic rings. The Balaban J connectivity index is 1.14. The number of nitrogens with zero attached hydrogens (tertiary/aromatic N) is 2. The first-order chi connectivity index (χ1) is 39.5. The lowest BCUT2D eigenvalue weighted by Crippen LogP contribution is -2.64. The van der Waals surface area contributed by atoms with E-state index >= 15 is 0 Å². The molecule has 8 rings (SSSR count). The Morgan fingerprint density at radius 3 is 1.99 bits per heavy atom. The second kappa shape index (κ2) is 27.3. The number of hydrogen-bond donors (Lipinski definition) is 11. The highest BCUT2D eigenvalue weighted by molar-refractivity contribution is 7.94. The van der Waals surface area contributed by atoms with Crippen LogP contribution in [0.5, 0.6) is 5.75 Å². The fraction of sp³-hybridized carbons (Fsp3) is 0.500. The molecular formula is C58H74N4O19S2. The number of ether oxygens (including phenoxy) is 3. The first-order valence-corrected chi connectivity index (χ1v) is 30.1. The van der Waals surface area contributed by atoms with Crippen molar-refractivity contribution >= 4 is 51.1 Å². The molecule has 4 aliphatic heterocycles. The summed E-state index contributed by atoms with van der Waals surface area (Å²) in [5.41, 5.74) is 5.43. The normalized spacial score (nSPS) is 27.8. The predicted molar refractivity (Wildman–Crippen MR) is 301 cm³/mol. The van der Waals surface area contributed by atoms with Gasteiger partial charge in [-0.1, -0.05) is 38.1 Å². The number of carbonyl (C=O) groups excluding carboxylic acids is 2. The second-order valence-electron chi connectivity index (χ2n) is 22.2. The lowest BCUT2D eigenvalue weighted by atomic mass is 9.80. The Kier molecular flexibility index (Phi) is 20.9. The zero-order chi connectivity index (χ0) is 60.0. The Morgan fingerprint density at radius 1 is 0.771 bits per heavy atom. The van der Waals surface area contributed by atoms with Gasteiger partial charge in [0.2, 0.25) is 5.69 Å². The van der Waals surface area contributed by atoms with Crippen molar-refractivity contribution in [2.45, 2.75) is 145 Å². The minimum atomic E-state index is -4.23. The molecule has 0 saturated carbocycles. The van der Waals surface area contributed by atoms with E-state index < -0.39 is 113 Å². The fourth-order valence-electron chi connectivity index (χ4n) is 11.4. The summed E-state index contributed by atoms with van der Waals surface area (Å²) in [4.78, 5) is 29.9. The standard InChI is InChI=1S/C58H74N4O19S2/c1-57(2)38-29-35(53(69)59-46-50(67)48(65)42(31-63)78-55(46)71)17-21-40(38)61(25-8-10-27-82-81-80-73)44(57)23-19-33-13-12-14-34(52(33)77-37-15-6-5-7-16-37)20-24-45-58(3,4)39-30-36(18-22-41(39)62(45)26-9-11-28-83(74,75)76)54(70)60-47-51(68)49(66)43(32-64)79-56(47)72/h5-7,15-24,29-30,42-43,46-51,55-56,63-68,71-72H,8-14,25-28,31-32H2,1-4H3,(H3-,59,60,69,70,73,74,75,76). The van der Waals surface area contributed by atoms with Gasteiger partial charge in [-0.3, -0.25) is 19.2 Å². The lowest BCUT2D eigenvalue weighted by Gasteiger charge is -2.40. The number of carbonyl (C=O) groups is 2. The minimum absolute atomic E-state index is 0.163. The van der Waals surface area contributed by atoms with Gasteiger partial charge in [0.1, 0.15) is 66.8 Å². The highest BCUT2D eigenvalue weighted by atomic mass is 32.2. The molecule has 25 heteroatoms. The number of hydrogen-bond acceptors (Lipinski definition) is 20. The van der Waals surface area contributed by atoms with Gasteiger partial charge in [0.25, 0.3) is 21.9 Å². The number of para-hydroxylation sites is 1. The van der Waals surface area contributed by atoms with Crippen LogP contribution in [0.1, 0.15) is 104 Å². The largest absolute Gasteiger partial charge is 0.691 e. The fourth-order valence-corrected chi connectivity index (χ4v) is 12.4. The van der Waals surface area contributed by atoms with E-state index in [1.54, 1.807) is 30.3 Å². The summed E-state index contributed by atoms with van der Waals surface area (Å²) >= 11 is 0.899. The van der Waals surface area contributed by atoms with E-state index in [1.165, 1.54) is 0 Å². The molecule has 2 amide bonds. The van der Waals surface area contributed by atoms with E-state index in [-0.39, 0.29) is 17.5 Å². The maximum Gasteiger partial charge on any atom is 0.264 e. The summed E-state index contributed by atoms with van der Waals surface area (Å²) in [6.07, 6.45) is -0.468. The monoisotopic (exact) mass is 1190 g/mol. The molecule has 2 saturated heterocycles. The van der Waals surface area contributed by atoms with Crippen LogP contribution in [-0.4, -0.2) is 175 Å². The van der Waals surface area contributed by atoms with Crippen molar-refractivity contribution in [2.75, 3.05) is 42.7 Å². The van der Waals surface area contributed by atoms with E-state index in [4.69, 9.17) is 14.2 Å². The van der Waals surface area contributed by atoms with Gasteiger partial charge in [-0.2, -0.15) is 17.3 Å². The van der Waals surface area contributed by atoms with Crippen LogP contribution in [-0.2, 0) is 39.8 Å².